The van der Waals surface area contributed by atoms with Crippen LogP contribution in [0.2, 0.25) is 0 Å². The Morgan fingerprint density at radius 3 is 2.30 bits per heavy atom. The van der Waals surface area contributed by atoms with Crippen molar-refractivity contribution in [1.82, 2.24) is 9.97 Å². The zero-order chi connectivity index (χ0) is 14.4. The fraction of sp³-hybridized carbons (Fsp3) is 0.267. The Bertz CT molecular complexity index is 585. The Kier molecular flexibility index (Phi) is 4.65. The van der Waals surface area contributed by atoms with Gasteiger partial charge in [0, 0.05) is 18.0 Å². The van der Waals surface area contributed by atoms with Crippen LogP contribution in [0.15, 0.2) is 36.9 Å². The van der Waals surface area contributed by atoms with Gasteiger partial charge in [-0.25, -0.2) is 9.97 Å². The molecule has 0 amide bonds. The van der Waals surface area contributed by atoms with Crippen molar-refractivity contribution < 1.29 is 14.3 Å². The van der Waals surface area contributed by atoms with Gasteiger partial charge in [-0.1, -0.05) is 0 Å². The van der Waals surface area contributed by atoms with Crippen LogP contribution < -0.4 is 9.47 Å². The maximum atomic E-state index is 12.3. The van der Waals surface area contributed by atoms with Gasteiger partial charge in [0.1, 0.15) is 6.33 Å². The first kappa shape index (κ1) is 14.0. The summed E-state index contributed by atoms with van der Waals surface area (Å²) in [5.41, 5.74) is 0.964. The minimum absolute atomic E-state index is 0.144. The van der Waals surface area contributed by atoms with Gasteiger partial charge >= 0.3 is 0 Å². The average Bonchev–Trinajstić information content (AvgIpc) is 2.50. The summed E-state index contributed by atoms with van der Waals surface area (Å²) >= 11 is 0. The Hall–Kier alpha value is -2.43. The van der Waals surface area contributed by atoms with Crippen molar-refractivity contribution in [1.29, 1.82) is 0 Å². The van der Waals surface area contributed by atoms with Crippen molar-refractivity contribution >= 4 is 5.78 Å². The molecule has 0 aliphatic carbocycles. The van der Waals surface area contributed by atoms with E-state index in [2.05, 4.69) is 9.97 Å². The largest absolute Gasteiger partial charge is 0.490 e. The molecule has 0 N–H and O–H groups in total. The van der Waals surface area contributed by atoms with Crippen LogP contribution in [0.25, 0.3) is 0 Å². The summed E-state index contributed by atoms with van der Waals surface area (Å²) in [6, 6.07) is 5.14. The first-order valence-corrected chi connectivity index (χ1v) is 6.45. The Labute approximate surface area is 117 Å². The van der Waals surface area contributed by atoms with Gasteiger partial charge in [0.25, 0.3) is 0 Å². The van der Waals surface area contributed by atoms with Crippen LogP contribution in [-0.2, 0) is 0 Å². The number of rotatable bonds is 6. The molecule has 5 nitrogen and oxygen atoms in total. The molecule has 0 aliphatic heterocycles. The molecule has 2 rings (SSSR count). The zero-order valence-electron chi connectivity index (χ0n) is 11.5. The van der Waals surface area contributed by atoms with Gasteiger partial charge in [-0.15, -0.1) is 0 Å². The lowest BCUT2D eigenvalue weighted by molar-refractivity contribution is 0.103. The minimum Gasteiger partial charge on any atom is -0.490 e. The first-order chi connectivity index (χ1) is 9.76. The number of hydrogen-bond donors (Lipinski definition) is 0. The van der Waals surface area contributed by atoms with E-state index in [0.29, 0.717) is 35.8 Å². The van der Waals surface area contributed by atoms with Gasteiger partial charge in [0.05, 0.1) is 18.8 Å². The highest BCUT2D eigenvalue weighted by atomic mass is 16.5. The second-order valence-electron chi connectivity index (χ2n) is 3.98. The van der Waals surface area contributed by atoms with E-state index >= 15 is 0 Å². The summed E-state index contributed by atoms with van der Waals surface area (Å²) in [5, 5.41) is 0. The average molecular weight is 272 g/mol. The molecule has 1 heterocycles. The molecule has 0 aliphatic rings. The topological polar surface area (TPSA) is 61.3 Å². The third kappa shape index (κ3) is 3.12. The summed E-state index contributed by atoms with van der Waals surface area (Å²) in [5.74, 6) is 1.06. The third-order valence-corrected chi connectivity index (χ3v) is 2.63. The molecule has 0 fully saturated rings. The van der Waals surface area contributed by atoms with Crippen molar-refractivity contribution in [3.05, 3.63) is 48.0 Å². The predicted octanol–water partition coefficient (Wildman–Crippen LogP) is 2.51. The van der Waals surface area contributed by atoms with Gasteiger partial charge in [0.15, 0.2) is 17.3 Å². The van der Waals surface area contributed by atoms with E-state index in [1.54, 1.807) is 18.2 Å². The Morgan fingerprint density at radius 2 is 1.65 bits per heavy atom. The molecule has 0 saturated heterocycles. The van der Waals surface area contributed by atoms with Gasteiger partial charge in [-0.2, -0.15) is 0 Å². The van der Waals surface area contributed by atoms with E-state index in [4.69, 9.17) is 9.47 Å². The molecule has 1 aromatic carbocycles. The number of carbonyl (C=O) groups excluding carboxylic acids is 1. The summed E-state index contributed by atoms with van der Waals surface area (Å²) < 4.78 is 11.0. The van der Waals surface area contributed by atoms with Gasteiger partial charge in [-0.05, 0) is 32.0 Å². The molecule has 0 unspecified atom stereocenters. The van der Waals surface area contributed by atoms with E-state index in [0.717, 1.165) is 0 Å². The second-order valence-corrected chi connectivity index (χ2v) is 3.98. The molecule has 0 bridgehead atoms. The van der Waals surface area contributed by atoms with Crippen molar-refractivity contribution in [2.75, 3.05) is 13.2 Å². The van der Waals surface area contributed by atoms with Crippen molar-refractivity contribution in [3.8, 4) is 11.5 Å². The Balaban J connectivity index is 2.33. The minimum atomic E-state index is -0.144. The maximum Gasteiger partial charge on any atom is 0.196 e. The van der Waals surface area contributed by atoms with Gasteiger partial charge in [-0.3, -0.25) is 4.79 Å². The number of hydrogen-bond acceptors (Lipinski definition) is 5. The fourth-order valence-corrected chi connectivity index (χ4v) is 1.78. The number of ether oxygens (including phenoxy) is 2. The van der Waals surface area contributed by atoms with Crippen molar-refractivity contribution in [2.24, 2.45) is 0 Å². The summed E-state index contributed by atoms with van der Waals surface area (Å²) in [4.78, 5) is 20.0. The van der Waals surface area contributed by atoms with E-state index in [1.807, 2.05) is 13.8 Å². The van der Waals surface area contributed by atoms with Crippen LogP contribution in [0.4, 0.5) is 0 Å². The fourth-order valence-electron chi connectivity index (χ4n) is 1.78. The normalized spacial score (nSPS) is 10.1. The monoisotopic (exact) mass is 272 g/mol. The van der Waals surface area contributed by atoms with E-state index in [1.165, 1.54) is 18.7 Å². The summed E-state index contributed by atoms with van der Waals surface area (Å²) in [6.45, 7) is 4.83. The van der Waals surface area contributed by atoms with Crippen LogP contribution in [0.1, 0.15) is 29.8 Å². The standard InChI is InChI=1S/C15H16N2O3/c1-3-19-13-6-5-11(7-14(13)20-4-2)15(18)12-8-16-10-17-9-12/h5-10H,3-4H2,1-2H3. The van der Waals surface area contributed by atoms with Crippen LogP contribution >= 0.6 is 0 Å². The van der Waals surface area contributed by atoms with Crippen LogP contribution in [0.5, 0.6) is 11.5 Å². The number of ketones is 1. The second kappa shape index (κ2) is 6.65. The molecule has 1 aromatic heterocycles. The zero-order valence-corrected chi connectivity index (χ0v) is 11.5. The third-order valence-electron chi connectivity index (χ3n) is 2.63. The number of nitrogens with zero attached hydrogens (tertiary/aromatic N) is 2. The molecule has 0 radical (unpaired) electrons. The molecular formula is C15H16N2O3. The van der Waals surface area contributed by atoms with E-state index in [-0.39, 0.29) is 5.78 Å². The molecule has 2 aromatic rings. The van der Waals surface area contributed by atoms with Gasteiger partial charge < -0.3 is 9.47 Å². The van der Waals surface area contributed by atoms with E-state index < -0.39 is 0 Å². The molecule has 0 spiro atoms. The number of benzene rings is 1. The molecule has 5 heteroatoms. The SMILES string of the molecule is CCOc1ccc(C(=O)c2cncnc2)cc1OCC. The lowest BCUT2D eigenvalue weighted by atomic mass is 10.1. The van der Waals surface area contributed by atoms with Crippen LogP contribution in [0, 0.1) is 0 Å². The highest BCUT2D eigenvalue weighted by Crippen LogP contribution is 2.29. The molecule has 104 valence electrons. The van der Waals surface area contributed by atoms with Crippen LogP contribution in [-0.4, -0.2) is 29.0 Å². The quantitative estimate of drug-likeness (QED) is 0.756. The molecule has 20 heavy (non-hydrogen) atoms. The maximum absolute atomic E-state index is 12.3. The van der Waals surface area contributed by atoms with Crippen molar-refractivity contribution in [2.45, 2.75) is 13.8 Å². The number of carbonyl (C=O) groups is 1. The summed E-state index contributed by atoms with van der Waals surface area (Å²) in [6.07, 6.45) is 4.37. The van der Waals surface area contributed by atoms with Crippen LogP contribution in [0.3, 0.4) is 0 Å². The van der Waals surface area contributed by atoms with Crippen molar-refractivity contribution in [3.63, 3.8) is 0 Å². The number of aromatic nitrogens is 2. The highest BCUT2D eigenvalue weighted by molar-refractivity contribution is 6.08. The highest BCUT2D eigenvalue weighted by Gasteiger charge is 2.13. The lowest BCUT2D eigenvalue weighted by Gasteiger charge is -2.11. The lowest BCUT2D eigenvalue weighted by Crippen LogP contribution is -2.05. The van der Waals surface area contributed by atoms with E-state index in [9.17, 15) is 4.79 Å². The summed E-state index contributed by atoms with van der Waals surface area (Å²) in [7, 11) is 0. The molecule has 0 atom stereocenters. The Morgan fingerprint density at radius 1 is 1.00 bits per heavy atom. The predicted molar refractivity (Wildman–Crippen MR) is 74.2 cm³/mol. The first-order valence-electron chi connectivity index (χ1n) is 6.45. The van der Waals surface area contributed by atoms with Gasteiger partial charge in [0.2, 0.25) is 0 Å². The molecular weight excluding hydrogens is 256 g/mol. The molecule has 0 saturated carbocycles. The smallest absolute Gasteiger partial charge is 0.196 e.